The predicted molar refractivity (Wildman–Crippen MR) is 122 cm³/mol. The lowest BCUT2D eigenvalue weighted by molar-refractivity contribution is 0.122. The summed E-state index contributed by atoms with van der Waals surface area (Å²) in [7, 11) is 0. The maximum atomic E-state index is 14.0. The molecule has 4 heterocycles. The van der Waals surface area contributed by atoms with Crippen LogP contribution in [0.5, 0.6) is 0 Å². The fraction of sp³-hybridized carbons (Fsp3) is 0.217. The first-order valence-electron chi connectivity index (χ1n) is 10.2. The highest BCUT2D eigenvalue weighted by Gasteiger charge is 2.17. The Balaban J connectivity index is 1.51. The minimum Gasteiger partial charge on any atom is -0.378 e. The van der Waals surface area contributed by atoms with Crippen molar-refractivity contribution >= 4 is 29.5 Å². The number of anilines is 1. The number of morpholine rings is 1. The molecule has 0 bridgehead atoms. The van der Waals surface area contributed by atoms with E-state index in [0.717, 1.165) is 35.8 Å². The maximum Gasteiger partial charge on any atom is 0.251 e. The van der Waals surface area contributed by atoms with Crippen LogP contribution in [-0.2, 0) is 11.3 Å². The summed E-state index contributed by atoms with van der Waals surface area (Å²) < 4.78 is 35.9. The average Bonchev–Trinajstić information content (AvgIpc) is 3.14. The van der Waals surface area contributed by atoms with Crippen LogP contribution < -0.4 is 10.5 Å². The summed E-state index contributed by atoms with van der Waals surface area (Å²) in [6, 6.07) is 9.25. The van der Waals surface area contributed by atoms with Crippen molar-refractivity contribution in [3.05, 3.63) is 82.5 Å². The fourth-order valence-corrected chi connectivity index (χ4v) is 4.24. The topological polar surface area (TPSA) is 52.3 Å². The molecule has 164 valence electrons. The lowest BCUT2D eigenvalue weighted by Crippen LogP contribution is -2.36. The molecular weight excluding hydrogens is 434 g/mol. The first kappa shape index (κ1) is 20.7. The Kier molecular flexibility index (Phi) is 5.44. The molecule has 6 nitrogen and oxygen atoms in total. The first-order chi connectivity index (χ1) is 15.5. The Hall–Kier alpha value is -3.17. The standard InChI is InChI=1S/C23H20F2N4O2S/c24-20-3-1-2-16(22(20)25)13-28-5-4-15(10-21(28)30)19-14-29(32)23-18(19)11-17(12-26-23)27-6-8-31-9-7-27/h1-5,10-12,14,32H,6-9,13H2. The van der Waals surface area contributed by atoms with Crippen LogP contribution in [-0.4, -0.2) is 39.8 Å². The molecule has 1 aliphatic rings. The molecule has 9 heteroatoms. The van der Waals surface area contributed by atoms with Crippen molar-refractivity contribution in [2.45, 2.75) is 6.54 Å². The normalized spacial score (nSPS) is 14.3. The monoisotopic (exact) mass is 454 g/mol. The van der Waals surface area contributed by atoms with Gasteiger partial charge in [0, 0.05) is 48.1 Å². The summed E-state index contributed by atoms with van der Waals surface area (Å²) in [4.78, 5) is 19.5. The molecule has 0 spiro atoms. The molecule has 0 unspecified atom stereocenters. The summed E-state index contributed by atoms with van der Waals surface area (Å²) in [6.07, 6.45) is 5.22. The molecule has 32 heavy (non-hydrogen) atoms. The largest absolute Gasteiger partial charge is 0.378 e. The number of hydrogen-bond acceptors (Lipinski definition) is 5. The Bertz CT molecular complexity index is 1360. The molecule has 1 fully saturated rings. The van der Waals surface area contributed by atoms with Gasteiger partial charge in [0.05, 0.1) is 31.6 Å². The number of benzene rings is 1. The second-order valence-electron chi connectivity index (χ2n) is 7.65. The first-order valence-corrected chi connectivity index (χ1v) is 10.6. The lowest BCUT2D eigenvalue weighted by Gasteiger charge is -2.28. The molecule has 1 aliphatic heterocycles. The average molecular weight is 455 g/mol. The van der Waals surface area contributed by atoms with Crippen molar-refractivity contribution in [3.63, 3.8) is 0 Å². The number of pyridine rings is 2. The smallest absolute Gasteiger partial charge is 0.251 e. The summed E-state index contributed by atoms with van der Waals surface area (Å²) in [5.74, 6) is -1.87. The van der Waals surface area contributed by atoms with Crippen LogP contribution >= 0.6 is 12.8 Å². The van der Waals surface area contributed by atoms with Crippen LogP contribution in [0.15, 0.2) is 59.8 Å². The summed E-state index contributed by atoms with van der Waals surface area (Å²) in [5, 5.41) is 0.873. The van der Waals surface area contributed by atoms with E-state index in [1.807, 2.05) is 18.5 Å². The van der Waals surface area contributed by atoms with Crippen LogP contribution in [0, 0.1) is 11.6 Å². The van der Waals surface area contributed by atoms with Crippen molar-refractivity contribution in [1.82, 2.24) is 13.5 Å². The lowest BCUT2D eigenvalue weighted by atomic mass is 10.1. The zero-order valence-electron chi connectivity index (χ0n) is 17.0. The highest BCUT2D eigenvalue weighted by atomic mass is 32.1. The second-order valence-corrected chi connectivity index (χ2v) is 8.08. The second kappa shape index (κ2) is 8.40. The van der Waals surface area contributed by atoms with E-state index in [9.17, 15) is 13.6 Å². The molecule has 5 rings (SSSR count). The Morgan fingerprint density at radius 3 is 2.72 bits per heavy atom. The van der Waals surface area contributed by atoms with E-state index >= 15 is 0 Å². The highest BCUT2D eigenvalue weighted by Crippen LogP contribution is 2.32. The third-order valence-electron chi connectivity index (χ3n) is 5.67. The predicted octanol–water partition coefficient (Wildman–Crippen LogP) is 3.72. The van der Waals surface area contributed by atoms with Gasteiger partial charge in [-0.2, -0.15) is 0 Å². The molecule has 1 aromatic carbocycles. The number of rotatable bonds is 4. The third-order valence-corrected chi connectivity index (χ3v) is 5.97. The minimum atomic E-state index is -0.941. The van der Waals surface area contributed by atoms with Crippen molar-refractivity contribution in [1.29, 1.82) is 0 Å². The highest BCUT2D eigenvalue weighted by molar-refractivity contribution is 7.78. The summed E-state index contributed by atoms with van der Waals surface area (Å²) >= 11 is 4.48. The Labute approximate surface area is 188 Å². The number of ether oxygens (including phenoxy) is 1. The molecule has 0 radical (unpaired) electrons. The fourth-order valence-electron chi connectivity index (χ4n) is 3.96. The number of halogens is 2. The molecule has 4 aromatic rings. The molecule has 0 N–H and O–H groups in total. The van der Waals surface area contributed by atoms with Crippen molar-refractivity contribution in [2.75, 3.05) is 31.2 Å². The molecule has 0 saturated carbocycles. The van der Waals surface area contributed by atoms with Gasteiger partial charge in [-0.15, -0.1) is 0 Å². The quantitative estimate of drug-likeness (QED) is 0.478. The van der Waals surface area contributed by atoms with Gasteiger partial charge in [0.15, 0.2) is 17.3 Å². The minimum absolute atomic E-state index is 0.0558. The van der Waals surface area contributed by atoms with Crippen LogP contribution in [0.1, 0.15) is 5.56 Å². The van der Waals surface area contributed by atoms with Crippen LogP contribution in [0.2, 0.25) is 0 Å². The molecule has 1 saturated heterocycles. The van der Waals surface area contributed by atoms with E-state index in [1.54, 1.807) is 16.2 Å². The number of fused-ring (bicyclic) bond motifs is 1. The maximum absolute atomic E-state index is 14.0. The summed E-state index contributed by atoms with van der Waals surface area (Å²) in [6.45, 7) is 2.86. The van der Waals surface area contributed by atoms with E-state index in [2.05, 4.69) is 22.7 Å². The van der Waals surface area contributed by atoms with Crippen molar-refractivity contribution in [2.24, 2.45) is 0 Å². The van der Waals surface area contributed by atoms with Crippen LogP contribution in [0.25, 0.3) is 22.2 Å². The zero-order valence-corrected chi connectivity index (χ0v) is 17.9. The van der Waals surface area contributed by atoms with E-state index in [4.69, 9.17) is 4.74 Å². The van der Waals surface area contributed by atoms with Crippen LogP contribution in [0.4, 0.5) is 14.5 Å². The van der Waals surface area contributed by atoms with E-state index in [0.29, 0.717) is 24.4 Å². The molecule has 0 atom stereocenters. The molecule has 0 amide bonds. The van der Waals surface area contributed by atoms with E-state index in [-0.39, 0.29) is 17.7 Å². The van der Waals surface area contributed by atoms with Gasteiger partial charge in [-0.05, 0) is 23.8 Å². The SMILES string of the molecule is O=c1cc(-c2cn(S)c3ncc(N4CCOCC4)cc23)ccn1Cc1cccc(F)c1F. The number of aromatic nitrogens is 3. The molecule has 3 aromatic heterocycles. The van der Waals surface area contributed by atoms with Gasteiger partial charge in [-0.3, -0.25) is 8.77 Å². The number of hydrogen-bond donors (Lipinski definition) is 1. The van der Waals surface area contributed by atoms with E-state index in [1.165, 1.54) is 22.8 Å². The Morgan fingerprint density at radius 1 is 1.12 bits per heavy atom. The molecular formula is C23H20F2N4O2S. The van der Waals surface area contributed by atoms with Gasteiger partial charge in [0.1, 0.15) is 0 Å². The van der Waals surface area contributed by atoms with Gasteiger partial charge >= 0.3 is 0 Å². The van der Waals surface area contributed by atoms with E-state index < -0.39 is 11.6 Å². The van der Waals surface area contributed by atoms with Crippen LogP contribution in [0.3, 0.4) is 0 Å². The van der Waals surface area contributed by atoms with Gasteiger partial charge in [0.25, 0.3) is 5.56 Å². The molecule has 0 aliphatic carbocycles. The van der Waals surface area contributed by atoms with Gasteiger partial charge in [-0.1, -0.05) is 24.9 Å². The van der Waals surface area contributed by atoms with Gasteiger partial charge in [-0.25, -0.2) is 13.8 Å². The van der Waals surface area contributed by atoms with Gasteiger partial charge in [0.2, 0.25) is 0 Å². The zero-order chi connectivity index (χ0) is 22.2. The van der Waals surface area contributed by atoms with Crippen molar-refractivity contribution < 1.29 is 13.5 Å². The Morgan fingerprint density at radius 2 is 1.94 bits per heavy atom. The number of nitrogens with zero attached hydrogens (tertiary/aromatic N) is 4. The summed E-state index contributed by atoms with van der Waals surface area (Å²) in [5.41, 5.74) is 2.99. The van der Waals surface area contributed by atoms with Gasteiger partial charge < -0.3 is 14.2 Å². The number of thiol groups is 1. The third kappa shape index (κ3) is 3.78. The van der Waals surface area contributed by atoms with Crippen molar-refractivity contribution in [3.8, 4) is 11.1 Å².